The minimum atomic E-state index is -3.00. The first-order chi connectivity index (χ1) is 16.6. The maximum atomic E-state index is 13.5. The molecule has 35 heavy (non-hydrogen) atoms. The van der Waals surface area contributed by atoms with E-state index in [1.165, 1.54) is 36.6 Å². The molecule has 1 amide bonds. The number of oxime groups is 1. The van der Waals surface area contributed by atoms with Crippen LogP contribution in [-0.4, -0.2) is 49.9 Å². The zero-order valence-corrected chi connectivity index (χ0v) is 19.8. The lowest BCUT2D eigenvalue weighted by atomic mass is 10.0. The molecule has 0 saturated carbocycles. The van der Waals surface area contributed by atoms with Crippen molar-refractivity contribution < 1.29 is 32.0 Å². The van der Waals surface area contributed by atoms with E-state index in [-0.39, 0.29) is 40.9 Å². The predicted octanol–water partition coefficient (Wildman–Crippen LogP) is 4.12. The molecule has 3 aromatic rings. The highest BCUT2D eigenvalue weighted by atomic mass is 32.2. The van der Waals surface area contributed by atoms with Crippen molar-refractivity contribution in [1.29, 1.82) is 4.78 Å². The van der Waals surface area contributed by atoms with Crippen LogP contribution >= 0.6 is 11.8 Å². The Morgan fingerprint density at radius 2 is 1.97 bits per heavy atom. The fourth-order valence-corrected chi connectivity index (χ4v) is 4.39. The van der Waals surface area contributed by atoms with Crippen molar-refractivity contribution in [2.75, 3.05) is 18.6 Å². The van der Waals surface area contributed by atoms with E-state index in [1.54, 1.807) is 0 Å². The van der Waals surface area contributed by atoms with Crippen LogP contribution in [0.25, 0.3) is 0 Å². The Balaban J connectivity index is 1.58. The first-order valence-electron chi connectivity index (χ1n) is 9.95. The van der Waals surface area contributed by atoms with Crippen molar-refractivity contribution >= 4 is 33.1 Å². The zero-order valence-electron chi connectivity index (χ0n) is 18.2. The van der Waals surface area contributed by atoms with E-state index in [2.05, 4.69) is 20.8 Å². The molecule has 186 valence electrons. The third kappa shape index (κ3) is 6.82. The van der Waals surface area contributed by atoms with Crippen LogP contribution < -0.4 is 5.32 Å². The molecule has 0 radical (unpaired) electrons. The molecule has 3 rings (SSSR count). The molecule has 0 aliphatic heterocycles. The summed E-state index contributed by atoms with van der Waals surface area (Å²) in [5.41, 5.74) is -0.0899. The van der Waals surface area contributed by atoms with Crippen LogP contribution in [0.5, 0.6) is 0 Å². The lowest BCUT2D eigenvalue weighted by Crippen LogP contribution is -2.25. The number of halogens is 3. The number of alkyl halides is 2. The maximum absolute atomic E-state index is 13.5. The summed E-state index contributed by atoms with van der Waals surface area (Å²) in [6.07, 6.45) is -1.84. The summed E-state index contributed by atoms with van der Waals surface area (Å²) in [5.74, 6) is -1.07. The second-order valence-electron chi connectivity index (χ2n) is 7.27. The molecule has 1 heterocycles. The molecule has 0 bridgehead atoms. The van der Waals surface area contributed by atoms with E-state index < -0.39 is 27.5 Å². The normalized spacial score (nSPS) is 13.6. The molecular formula is C21H20F3N5O4S2. The second kappa shape index (κ2) is 11.4. The van der Waals surface area contributed by atoms with Crippen molar-refractivity contribution in [2.24, 2.45) is 5.16 Å². The van der Waals surface area contributed by atoms with Crippen molar-refractivity contribution in [3.63, 3.8) is 0 Å². The molecule has 0 spiro atoms. The van der Waals surface area contributed by atoms with Crippen LogP contribution in [0.3, 0.4) is 0 Å². The number of nitrogens with one attached hydrogen (secondary N) is 2. The van der Waals surface area contributed by atoms with Gasteiger partial charge >= 0.3 is 0 Å². The molecule has 14 heteroatoms. The van der Waals surface area contributed by atoms with Crippen LogP contribution in [-0.2, 0) is 16.1 Å². The molecule has 1 aromatic heterocycles. The van der Waals surface area contributed by atoms with Gasteiger partial charge in [-0.3, -0.25) is 4.79 Å². The Labute approximate surface area is 202 Å². The fourth-order valence-electron chi connectivity index (χ4n) is 2.96. The third-order valence-electron chi connectivity index (χ3n) is 4.71. The maximum Gasteiger partial charge on any atom is 0.266 e. The summed E-state index contributed by atoms with van der Waals surface area (Å²) in [6, 6.07) is 9.07. The number of benzene rings is 2. The van der Waals surface area contributed by atoms with Gasteiger partial charge in [-0.25, -0.2) is 26.8 Å². The number of carbonyl (C=O) groups excluding carboxylic acids is 1. The first kappa shape index (κ1) is 26.2. The Morgan fingerprint density at radius 1 is 1.26 bits per heavy atom. The fraction of sp³-hybridized carbons (Fsp3) is 0.238. The Kier molecular flexibility index (Phi) is 8.51. The summed E-state index contributed by atoms with van der Waals surface area (Å²) in [7, 11) is -2.87. The van der Waals surface area contributed by atoms with Crippen LogP contribution in [0.15, 0.2) is 62.2 Å². The molecule has 9 nitrogen and oxygen atoms in total. The quantitative estimate of drug-likeness (QED) is 0.118. The summed E-state index contributed by atoms with van der Waals surface area (Å²) in [5, 5.41) is 23.0. The van der Waals surface area contributed by atoms with Gasteiger partial charge in [0.2, 0.25) is 0 Å². The molecule has 0 aliphatic rings. The van der Waals surface area contributed by atoms with Gasteiger partial charge in [0.1, 0.15) is 11.5 Å². The Bertz CT molecular complexity index is 1330. The summed E-state index contributed by atoms with van der Waals surface area (Å²) < 4.78 is 63.4. The molecule has 1 unspecified atom stereocenters. The molecule has 3 N–H and O–H groups in total. The topological polar surface area (TPSA) is 142 Å². The van der Waals surface area contributed by atoms with Crippen LogP contribution in [0.2, 0.25) is 0 Å². The highest BCUT2D eigenvalue weighted by molar-refractivity contribution is 7.99. The van der Waals surface area contributed by atoms with Gasteiger partial charge in [-0.15, -0.1) is 0 Å². The standard InChI is InChI=1S/C21H20F3N5O4S2/c1-35(25,32)14-5-3-13(4-6-14)20(30)26-8-9-34-21-18(28-33-29-21)17(27-31)11-12-2-7-16(22)15(10-12)19(23)24/h2-7,10,19,25,31H,8-9,11H2,1H3,(H,26,30). The van der Waals surface area contributed by atoms with Gasteiger partial charge in [-0.2, -0.15) is 0 Å². The molecule has 0 saturated heterocycles. The molecule has 0 fully saturated rings. The number of aromatic nitrogens is 2. The number of amides is 1. The smallest absolute Gasteiger partial charge is 0.266 e. The van der Waals surface area contributed by atoms with Crippen LogP contribution in [0.4, 0.5) is 13.2 Å². The van der Waals surface area contributed by atoms with Gasteiger partial charge in [-0.05, 0) is 52.3 Å². The minimum absolute atomic E-state index is 0.0217. The lowest BCUT2D eigenvalue weighted by Gasteiger charge is -2.07. The van der Waals surface area contributed by atoms with E-state index in [1.807, 2.05) is 0 Å². The third-order valence-corrected chi connectivity index (χ3v) is 6.83. The van der Waals surface area contributed by atoms with Gasteiger partial charge in [0.05, 0.1) is 15.3 Å². The number of nitrogens with zero attached hydrogens (tertiary/aromatic N) is 3. The van der Waals surface area contributed by atoms with Gasteiger partial charge in [0.25, 0.3) is 12.3 Å². The molecule has 0 aliphatic carbocycles. The van der Waals surface area contributed by atoms with Crippen LogP contribution in [0, 0.1) is 10.6 Å². The average molecular weight is 528 g/mol. The van der Waals surface area contributed by atoms with E-state index in [4.69, 9.17) is 9.41 Å². The second-order valence-corrected chi connectivity index (χ2v) is 10.5. The molecular weight excluding hydrogens is 507 g/mol. The van der Waals surface area contributed by atoms with Crippen molar-refractivity contribution in [3.8, 4) is 0 Å². The monoisotopic (exact) mass is 527 g/mol. The first-order valence-corrected chi connectivity index (χ1v) is 12.9. The number of carbonyl (C=O) groups is 1. The number of hydrogen-bond acceptors (Lipinski definition) is 9. The number of hydrogen-bond donors (Lipinski definition) is 3. The molecule has 2 aromatic carbocycles. The summed E-state index contributed by atoms with van der Waals surface area (Å²) in [6.45, 7) is 0.224. The Hall–Kier alpha value is -3.39. The van der Waals surface area contributed by atoms with Gasteiger partial charge in [0.15, 0.2) is 10.7 Å². The predicted molar refractivity (Wildman–Crippen MR) is 122 cm³/mol. The van der Waals surface area contributed by atoms with Crippen molar-refractivity contribution in [1.82, 2.24) is 15.6 Å². The van der Waals surface area contributed by atoms with Gasteiger partial charge < -0.3 is 10.5 Å². The molecule has 1 atom stereocenters. The van der Waals surface area contributed by atoms with Crippen molar-refractivity contribution in [2.45, 2.75) is 22.8 Å². The zero-order chi connectivity index (χ0) is 25.6. The Morgan fingerprint density at radius 3 is 2.60 bits per heavy atom. The van der Waals surface area contributed by atoms with E-state index in [0.717, 1.165) is 23.9 Å². The van der Waals surface area contributed by atoms with E-state index in [0.29, 0.717) is 16.2 Å². The van der Waals surface area contributed by atoms with Gasteiger partial charge in [-0.1, -0.05) is 23.0 Å². The lowest BCUT2D eigenvalue weighted by molar-refractivity contribution is 0.0956. The van der Waals surface area contributed by atoms with E-state index in [9.17, 15) is 27.4 Å². The van der Waals surface area contributed by atoms with E-state index >= 15 is 0 Å². The summed E-state index contributed by atoms with van der Waals surface area (Å²) >= 11 is 1.14. The highest BCUT2D eigenvalue weighted by Crippen LogP contribution is 2.25. The minimum Gasteiger partial charge on any atom is -0.411 e. The number of rotatable bonds is 10. The largest absolute Gasteiger partial charge is 0.411 e. The van der Waals surface area contributed by atoms with Crippen LogP contribution in [0.1, 0.15) is 33.6 Å². The summed E-state index contributed by atoms with van der Waals surface area (Å²) in [4.78, 5) is 12.6. The number of thioether (sulfide) groups is 1. The average Bonchev–Trinajstić information content (AvgIpc) is 3.28. The van der Waals surface area contributed by atoms with Gasteiger partial charge in [0, 0.05) is 35.4 Å². The SMILES string of the molecule is CS(=N)(=O)c1ccc(C(=O)NCCSc2nonc2C(Cc2ccc(F)c(C(F)F)c2)=NO)cc1. The highest BCUT2D eigenvalue weighted by Gasteiger charge is 2.20. The van der Waals surface area contributed by atoms with Crippen molar-refractivity contribution in [3.05, 3.63) is 70.7 Å².